The number of nitrogens with zero attached hydrogens (tertiary/aromatic N) is 2. The van der Waals surface area contributed by atoms with Gasteiger partial charge in [0.15, 0.2) is 5.11 Å². The van der Waals surface area contributed by atoms with Crippen LogP contribution in [0.3, 0.4) is 0 Å². The second-order valence-electron chi connectivity index (χ2n) is 7.24. The van der Waals surface area contributed by atoms with Crippen LogP contribution < -0.4 is 10.9 Å². The summed E-state index contributed by atoms with van der Waals surface area (Å²) in [5, 5.41) is 4.98. The molecule has 0 aliphatic carbocycles. The smallest absolute Gasteiger partial charge is 0.256 e. The maximum Gasteiger partial charge on any atom is 0.256 e. The van der Waals surface area contributed by atoms with Gasteiger partial charge in [-0.15, -0.1) is 0 Å². The van der Waals surface area contributed by atoms with E-state index in [0.717, 1.165) is 41.5 Å². The minimum Gasteiger partial charge on any atom is -0.348 e. The largest absolute Gasteiger partial charge is 0.348 e. The average molecular weight is 378 g/mol. The highest BCUT2D eigenvalue weighted by atomic mass is 32.1. The van der Waals surface area contributed by atoms with Gasteiger partial charge >= 0.3 is 0 Å². The summed E-state index contributed by atoms with van der Waals surface area (Å²) in [4.78, 5) is 14.9. The van der Waals surface area contributed by atoms with E-state index in [-0.39, 0.29) is 5.56 Å². The second kappa shape index (κ2) is 7.16. The molecule has 0 bridgehead atoms. The molecule has 0 atom stereocenters. The lowest BCUT2D eigenvalue weighted by molar-refractivity contribution is 0.499. The average Bonchev–Trinajstić information content (AvgIpc) is 2.67. The zero-order valence-electron chi connectivity index (χ0n) is 15.7. The minimum atomic E-state index is 0.0969. The van der Waals surface area contributed by atoms with Crippen LogP contribution in [-0.4, -0.2) is 21.6 Å². The lowest BCUT2D eigenvalue weighted by Crippen LogP contribution is -2.35. The predicted octanol–water partition coefficient (Wildman–Crippen LogP) is 4.08. The van der Waals surface area contributed by atoms with Crippen LogP contribution >= 0.6 is 12.2 Å². The second-order valence-corrected chi connectivity index (χ2v) is 7.62. The van der Waals surface area contributed by atoms with Crippen LogP contribution in [0.1, 0.15) is 23.1 Å². The molecule has 0 radical (unpaired) electrons. The fourth-order valence-corrected chi connectivity index (χ4v) is 3.90. The number of rotatable bonds is 3. The number of hydrogen-bond donors (Lipinski definition) is 1. The highest BCUT2D eigenvalue weighted by Gasteiger charge is 2.17. The molecule has 0 fully saturated rings. The van der Waals surface area contributed by atoms with Crippen LogP contribution in [0.5, 0.6) is 0 Å². The minimum absolute atomic E-state index is 0.0969. The zero-order valence-corrected chi connectivity index (χ0v) is 16.5. The van der Waals surface area contributed by atoms with E-state index in [9.17, 15) is 4.79 Å². The van der Waals surface area contributed by atoms with Crippen molar-refractivity contribution in [1.29, 1.82) is 0 Å². The van der Waals surface area contributed by atoms with Crippen molar-refractivity contribution in [3.05, 3.63) is 75.6 Å². The molecule has 2 heterocycles. The van der Waals surface area contributed by atoms with E-state index in [1.54, 1.807) is 0 Å². The van der Waals surface area contributed by atoms with Gasteiger partial charge in [-0.25, -0.2) is 0 Å². The molecule has 0 spiro atoms. The summed E-state index contributed by atoms with van der Waals surface area (Å²) < 4.78 is 1.94. The van der Waals surface area contributed by atoms with Crippen LogP contribution in [0.2, 0.25) is 0 Å². The Hall–Kier alpha value is -2.66. The van der Waals surface area contributed by atoms with Crippen LogP contribution in [0, 0.1) is 6.92 Å². The Morgan fingerprint density at radius 2 is 2.00 bits per heavy atom. The molecule has 1 aliphatic heterocycles. The van der Waals surface area contributed by atoms with E-state index in [4.69, 9.17) is 12.2 Å². The van der Waals surface area contributed by atoms with Crippen LogP contribution in [0.25, 0.3) is 10.9 Å². The Morgan fingerprint density at radius 1 is 1.22 bits per heavy atom. The molecule has 0 saturated heterocycles. The van der Waals surface area contributed by atoms with Crippen LogP contribution in [0.15, 0.2) is 53.3 Å². The zero-order chi connectivity index (χ0) is 19.0. The number of aryl methyl sites for hydroxylation is 3. The van der Waals surface area contributed by atoms with E-state index in [0.29, 0.717) is 11.7 Å². The van der Waals surface area contributed by atoms with Gasteiger partial charge in [0.05, 0.1) is 12.1 Å². The third-order valence-electron chi connectivity index (χ3n) is 5.16. The predicted molar refractivity (Wildman–Crippen MR) is 115 cm³/mol. The first-order chi connectivity index (χ1) is 13.0. The molecule has 4 rings (SSSR count). The first-order valence-corrected chi connectivity index (χ1v) is 9.67. The van der Waals surface area contributed by atoms with Gasteiger partial charge < -0.3 is 14.8 Å². The van der Waals surface area contributed by atoms with Crippen molar-refractivity contribution in [2.75, 3.05) is 12.4 Å². The van der Waals surface area contributed by atoms with Gasteiger partial charge in [0.25, 0.3) is 5.56 Å². The summed E-state index contributed by atoms with van der Waals surface area (Å²) in [7, 11) is 1.92. The van der Waals surface area contributed by atoms with E-state index < -0.39 is 0 Å². The number of anilines is 1. The quantitative estimate of drug-likeness (QED) is 0.698. The van der Waals surface area contributed by atoms with Gasteiger partial charge in [0.1, 0.15) is 0 Å². The van der Waals surface area contributed by atoms with Crippen molar-refractivity contribution in [2.45, 2.75) is 32.9 Å². The highest BCUT2D eigenvalue weighted by Crippen LogP contribution is 2.24. The van der Waals surface area contributed by atoms with E-state index in [2.05, 4.69) is 30.4 Å². The molecule has 5 heteroatoms. The van der Waals surface area contributed by atoms with Gasteiger partial charge in [-0.3, -0.25) is 4.79 Å². The Balaban J connectivity index is 1.59. The molecular formula is C22H23N3OS. The van der Waals surface area contributed by atoms with Crippen molar-refractivity contribution in [3.63, 3.8) is 0 Å². The van der Waals surface area contributed by atoms with E-state index in [1.165, 1.54) is 11.1 Å². The van der Waals surface area contributed by atoms with E-state index in [1.807, 2.05) is 46.8 Å². The summed E-state index contributed by atoms with van der Waals surface area (Å²) in [6.07, 6.45) is 2.05. The van der Waals surface area contributed by atoms with Gasteiger partial charge in [-0.2, -0.15) is 0 Å². The first kappa shape index (κ1) is 17.7. The summed E-state index contributed by atoms with van der Waals surface area (Å²) in [6, 6.07) is 16.4. The van der Waals surface area contributed by atoms with Crippen LogP contribution in [-0.2, 0) is 19.5 Å². The Labute approximate surface area is 164 Å². The van der Waals surface area contributed by atoms with Gasteiger partial charge in [-0.05, 0) is 61.1 Å². The molecule has 4 nitrogen and oxygen atoms in total. The molecule has 3 aromatic rings. The Bertz CT molecular complexity index is 1070. The van der Waals surface area contributed by atoms with Gasteiger partial charge in [0.2, 0.25) is 0 Å². The summed E-state index contributed by atoms with van der Waals surface area (Å²) >= 11 is 5.53. The Kier molecular flexibility index (Phi) is 4.70. The topological polar surface area (TPSA) is 37.3 Å². The standard InChI is InChI=1S/C22H23N3OS/c1-15-8-10-19(11-9-15)23-22(27)24(2)14-18-13-17-6-3-5-16-7-4-12-25(20(16)17)21(18)26/h3,5-6,8-11,13H,4,7,12,14H2,1-2H3,(H,23,27). The molecule has 0 amide bonds. The number of thiocarbonyl (C=S) groups is 1. The molecule has 0 unspecified atom stereocenters. The normalized spacial score (nSPS) is 12.8. The number of nitrogens with one attached hydrogen (secondary N) is 1. The molecule has 27 heavy (non-hydrogen) atoms. The lowest BCUT2D eigenvalue weighted by Gasteiger charge is -2.24. The summed E-state index contributed by atoms with van der Waals surface area (Å²) in [5.41, 5.74) is 5.40. The number of para-hydroxylation sites is 1. The van der Waals surface area contributed by atoms with Crippen molar-refractivity contribution in [1.82, 2.24) is 9.47 Å². The third-order valence-corrected chi connectivity index (χ3v) is 5.57. The molecule has 1 aliphatic rings. The first-order valence-electron chi connectivity index (χ1n) is 9.26. The maximum absolute atomic E-state index is 13.0. The molecule has 1 aromatic heterocycles. The molecule has 1 N–H and O–H groups in total. The van der Waals surface area contributed by atoms with Gasteiger partial charge in [0, 0.05) is 24.8 Å². The SMILES string of the molecule is Cc1ccc(NC(=S)N(C)Cc2cc3cccc4c3n(c2=O)CCC4)cc1. The van der Waals surface area contributed by atoms with Crippen molar-refractivity contribution in [2.24, 2.45) is 0 Å². The summed E-state index contributed by atoms with van der Waals surface area (Å²) in [5.74, 6) is 0. The fraction of sp³-hybridized carbons (Fsp3) is 0.273. The number of aromatic nitrogens is 1. The van der Waals surface area contributed by atoms with Gasteiger partial charge in [-0.1, -0.05) is 35.9 Å². The van der Waals surface area contributed by atoms with Crippen LogP contribution in [0.4, 0.5) is 5.69 Å². The number of hydrogen-bond acceptors (Lipinski definition) is 2. The Morgan fingerprint density at radius 3 is 2.78 bits per heavy atom. The van der Waals surface area contributed by atoms with Crippen molar-refractivity contribution < 1.29 is 0 Å². The maximum atomic E-state index is 13.0. The molecular weight excluding hydrogens is 354 g/mol. The number of benzene rings is 2. The highest BCUT2D eigenvalue weighted by molar-refractivity contribution is 7.80. The molecule has 138 valence electrons. The lowest BCUT2D eigenvalue weighted by atomic mass is 10.00. The fourth-order valence-electron chi connectivity index (χ4n) is 3.72. The number of pyridine rings is 1. The molecule has 2 aromatic carbocycles. The van der Waals surface area contributed by atoms with Crippen molar-refractivity contribution >= 4 is 33.9 Å². The van der Waals surface area contributed by atoms with E-state index >= 15 is 0 Å². The van der Waals surface area contributed by atoms with Crippen molar-refractivity contribution in [3.8, 4) is 0 Å². The monoisotopic (exact) mass is 377 g/mol. The summed E-state index contributed by atoms with van der Waals surface area (Å²) in [6.45, 7) is 3.33. The third kappa shape index (κ3) is 3.47. The molecule has 0 saturated carbocycles.